The summed E-state index contributed by atoms with van der Waals surface area (Å²) in [5, 5.41) is 10.4. The maximum atomic E-state index is 12.5. The lowest BCUT2D eigenvalue weighted by Crippen LogP contribution is -2.14. The van der Waals surface area contributed by atoms with Gasteiger partial charge in [0.1, 0.15) is 5.52 Å². The number of benzene rings is 1. The van der Waals surface area contributed by atoms with Crippen molar-refractivity contribution in [1.29, 1.82) is 0 Å². The molecule has 1 aromatic heterocycles. The molecule has 0 radical (unpaired) electrons. The van der Waals surface area contributed by atoms with Crippen LogP contribution in [-0.2, 0) is 0 Å². The van der Waals surface area contributed by atoms with Crippen molar-refractivity contribution in [3.63, 3.8) is 0 Å². The van der Waals surface area contributed by atoms with Gasteiger partial charge >= 0.3 is 12.3 Å². The Hall–Kier alpha value is -2.25. The first-order valence-corrected chi connectivity index (χ1v) is 4.08. The van der Waals surface area contributed by atoms with Crippen molar-refractivity contribution in [2.24, 2.45) is 0 Å². The van der Waals surface area contributed by atoms with Gasteiger partial charge in [-0.2, -0.15) is 8.78 Å². The minimum absolute atomic E-state index is 0.0579. The molecule has 1 aromatic carbocycles. The van der Waals surface area contributed by atoms with Gasteiger partial charge in [-0.1, -0.05) is 0 Å². The van der Waals surface area contributed by atoms with Gasteiger partial charge in [0, 0.05) is 12.1 Å². The van der Waals surface area contributed by atoms with E-state index in [2.05, 4.69) is 4.42 Å². The molecule has 0 spiro atoms. The van der Waals surface area contributed by atoms with E-state index in [9.17, 15) is 23.7 Å². The Morgan fingerprint density at radius 3 is 2.69 bits per heavy atom. The summed E-state index contributed by atoms with van der Waals surface area (Å²) in [7, 11) is 0. The van der Waals surface area contributed by atoms with Gasteiger partial charge in [0.2, 0.25) is 0 Å². The van der Waals surface area contributed by atoms with Crippen LogP contribution >= 0.6 is 0 Å². The summed E-state index contributed by atoms with van der Waals surface area (Å²) in [5.74, 6) is -1.24. The molecule has 0 saturated heterocycles. The van der Waals surface area contributed by atoms with E-state index in [1.54, 1.807) is 0 Å². The molecule has 6 nitrogen and oxygen atoms in total. The predicted molar refractivity (Wildman–Crippen MR) is 48.4 cm³/mol. The van der Waals surface area contributed by atoms with Crippen LogP contribution in [-0.4, -0.2) is 9.49 Å². The van der Waals surface area contributed by atoms with Crippen molar-refractivity contribution < 1.29 is 18.1 Å². The third kappa shape index (κ3) is 1.44. The van der Waals surface area contributed by atoms with Gasteiger partial charge in [-0.15, -0.1) is 0 Å². The zero-order valence-corrected chi connectivity index (χ0v) is 7.59. The van der Waals surface area contributed by atoms with Crippen LogP contribution in [0.2, 0.25) is 0 Å². The minimum Gasteiger partial charge on any atom is -0.408 e. The maximum absolute atomic E-state index is 12.5. The molecule has 0 bridgehead atoms. The number of rotatable bonds is 2. The Morgan fingerprint density at radius 1 is 1.44 bits per heavy atom. The normalized spacial score (nSPS) is 11.2. The van der Waals surface area contributed by atoms with Crippen LogP contribution in [0.1, 0.15) is 6.55 Å². The van der Waals surface area contributed by atoms with Gasteiger partial charge in [-0.3, -0.25) is 10.1 Å². The van der Waals surface area contributed by atoms with E-state index in [0.717, 1.165) is 18.2 Å². The Morgan fingerprint density at radius 2 is 2.12 bits per heavy atom. The van der Waals surface area contributed by atoms with Crippen molar-refractivity contribution in [1.82, 2.24) is 4.57 Å². The number of hydrogen-bond donors (Lipinski definition) is 0. The van der Waals surface area contributed by atoms with Gasteiger partial charge in [-0.25, -0.2) is 9.36 Å². The summed E-state index contributed by atoms with van der Waals surface area (Å²) in [5.41, 5.74) is -0.798. The summed E-state index contributed by atoms with van der Waals surface area (Å²) in [6.45, 7) is -3.10. The molecule has 16 heavy (non-hydrogen) atoms. The lowest BCUT2D eigenvalue weighted by Gasteiger charge is -1.98. The lowest BCUT2D eigenvalue weighted by molar-refractivity contribution is -0.384. The Balaban J connectivity index is 2.79. The predicted octanol–water partition coefficient (Wildman–Crippen LogP) is 1.90. The monoisotopic (exact) mass is 230 g/mol. The number of non-ortho nitro benzene ring substituents is 1. The van der Waals surface area contributed by atoms with Crippen LogP contribution in [0, 0.1) is 10.1 Å². The van der Waals surface area contributed by atoms with Gasteiger partial charge in [-0.05, 0) is 6.07 Å². The van der Waals surface area contributed by atoms with Crippen molar-refractivity contribution in [2.75, 3.05) is 0 Å². The molecule has 0 aliphatic carbocycles. The number of halogens is 2. The van der Waals surface area contributed by atoms with Crippen LogP contribution in [0.3, 0.4) is 0 Å². The molecule has 0 N–H and O–H groups in total. The average molecular weight is 230 g/mol. The van der Waals surface area contributed by atoms with E-state index < -0.39 is 17.2 Å². The number of fused-ring (bicyclic) bond motifs is 1. The van der Waals surface area contributed by atoms with Crippen molar-refractivity contribution >= 4 is 16.8 Å². The lowest BCUT2D eigenvalue weighted by atomic mass is 10.3. The molecule has 0 saturated carbocycles. The number of nitro benzene ring substituents is 1. The van der Waals surface area contributed by atoms with Crippen molar-refractivity contribution in [2.45, 2.75) is 6.55 Å². The molecule has 8 heteroatoms. The molecule has 0 aliphatic rings. The van der Waals surface area contributed by atoms with E-state index in [-0.39, 0.29) is 21.4 Å². The fourth-order valence-corrected chi connectivity index (χ4v) is 1.32. The number of aromatic nitrogens is 1. The molecule has 0 atom stereocenters. The number of hydrogen-bond acceptors (Lipinski definition) is 4. The van der Waals surface area contributed by atoms with E-state index >= 15 is 0 Å². The fraction of sp³-hybridized carbons (Fsp3) is 0.125. The largest absolute Gasteiger partial charge is 0.424 e. The summed E-state index contributed by atoms with van der Waals surface area (Å²) < 4.78 is 29.5. The maximum Gasteiger partial charge on any atom is 0.424 e. The smallest absolute Gasteiger partial charge is 0.408 e. The summed E-state index contributed by atoms with van der Waals surface area (Å²) in [4.78, 5) is 20.7. The van der Waals surface area contributed by atoms with Crippen LogP contribution < -0.4 is 5.76 Å². The summed E-state index contributed by atoms with van der Waals surface area (Å²) in [6.07, 6.45) is 0. The van der Waals surface area contributed by atoms with Crippen LogP contribution in [0.4, 0.5) is 14.5 Å². The topological polar surface area (TPSA) is 78.3 Å². The number of nitrogens with zero attached hydrogens (tertiary/aromatic N) is 2. The molecular weight excluding hydrogens is 226 g/mol. The highest BCUT2D eigenvalue weighted by Gasteiger charge is 2.19. The Labute approximate surface area is 85.8 Å². The molecule has 0 aliphatic heterocycles. The second kappa shape index (κ2) is 3.40. The van der Waals surface area contributed by atoms with E-state index in [1.807, 2.05) is 0 Å². The molecule has 1 heterocycles. The Kier molecular flexibility index (Phi) is 2.18. The molecule has 2 rings (SSSR count). The van der Waals surface area contributed by atoms with Gasteiger partial charge in [0.05, 0.1) is 4.92 Å². The first-order chi connectivity index (χ1) is 7.50. The first-order valence-electron chi connectivity index (χ1n) is 4.08. The van der Waals surface area contributed by atoms with Crippen molar-refractivity contribution in [3.05, 3.63) is 38.9 Å². The molecule has 2 aromatic rings. The average Bonchev–Trinajstić information content (AvgIpc) is 2.51. The second-order valence-electron chi connectivity index (χ2n) is 2.92. The van der Waals surface area contributed by atoms with Crippen LogP contribution in [0.25, 0.3) is 11.1 Å². The van der Waals surface area contributed by atoms with Crippen LogP contribution in [0.5, 0.6) is 0 Å². The minimum atomic E-state index is -3.10. The second-order valence-corrected chi connectivity index (χ2v) is 2.92. The van der Waals surface area contributed by atoms with E-state index in [0.29, 0.717) is 0 Å². The fourth-order valence-electron chi connectivity index (χ4n) is 1.32. The van der Waals surface area contributed by atoms with Gasteiger partial charge in [0.15, 0.2) is 5.58 Å². The molecular formula is C8H4F2N2O4. The zero-order chi connectivity index (χ0) is 11.9. The summed E-state index contributed by atoms with van der Waals surface area (Å²) in [6, 6.07) is 3.04. The molecule has 0 unspecified atom stereocenters. The van der Waals surface area contributed by atoms with E-state index in [1.165, 1.54) is 0 Å². The number of oxazole rings is 1. The molecule has 0 amide bonds. The van der Waals surface area contributed by atoms with Gasteiger partial charge < -0.3 is 4.42 Å². The van der Waals surface area contributed by atoms with E-state index in [4.69, 9.17) is 0 Å². The third-order valence-corrected chi connectivity index (χ3v) is 2.00. The first kappa shape index (κ1) is 10.3. The summed E-state index contributed by atoms with van der Waals surface area (Å²) >= 11 is 0. The van der Waals surface area contributed by atoms with Crippen molar-refractivity contribution in [3.8, 4) is 0 Å². The number of alkyl halides is 2. The highest BCUT2D eigenvalue weighted by atomic mass is 19.3. The van der Waals surface area contributed by atoms with Crippen LogP contribution in [0.15, 0.2) is 27.4 Å². The van der Waals surface area contributed by atoms with Gasteiger partial charge in [0.25, 0.3) is 5.69 Å². The molecule has 0 fully saturated rings. The molecule has 84 valence electrons. The highest BCUT2D eigenvalue weighted by Crippen LogP contribution is 2.23. The highest BCUT2D eigenvalue weighted by molar-refractivity contribution is 5.75. The standard InChI is InChI=1S/C8H4F2N2O4/c9-7(10)11-5-3-4(12(14)15)1-2-6(5)16-8(11)13/h1-3,7H. The Bertz CT molecular complexity index is 616. The third-order valence-electron chi connectivity index (χ3n) is 2.00. The quantitative estimate of drug-likeness (QED) is 0.583. The zero-order valence-electron chi connectivity index (χ0n) is 7.59. The number of nitro groups is 1. The SMILES string of the molecule is O=c1oc2ccc([N+](=O)[O-])cc2n1C(F)F.